The lowest BCUT2D eigenvalue weighted by atomic mass is 10.1. The Morgan fingerprint density at radius 3 is 2.52 bits per heavy atom. The van der Waals surface area contributed by atoms with Crippen LogP contribution in [0.15, 0.2) is 12.1 Å². The quantitative estimate of drug-likeness (QED) is 0.554. The molecule has 7 heteroatoms. The highest BCUT2D eigenvalue weighted by Gasteiger charge is 2.37. The number of benzene rings is 1. The van der Waals surface area contributed by atoms with E-state index in [2.05, 4.69) is 23.6 Å². The van der Waals surface area contributed by atoms with Gasteiger partial charge in [-0.25, -0.2) is 4.39 Å². The summed E-state index contributed by atoms with van der Waals surface area (Å²) in [4.78, 5) is 31.6. The Hall–Kier alpha value is -1.86. The summed E-state index contributed by atoms with van der Waals surface area (Å²) < 4.78 is 14.5. The summed E-state index contributed by atoms with van der Waals surface area (Å²) in [7, 11) is 0. The van der Waals surface area contributed by atoms with Crippen LogP contribution in [0.2, 0.25) is 0 Å². The summed E-state index contributed by atoms with van der Waals surface area (Å²) in [5, 5.41) is 0. The van der Waals surface area contributed by atoms with Gasteiger partial charge in [0.15, 0.2) is 5.78 Å². The van der Waals surface area contributed by atoms with E-state index in [0.29, 0.717) is 36.8 Å². The summed E-state index contributed by atoms with van der Waals surface area (Å²) in [6.45, 7) is 8.48. The topological polar surface area (TPSA) is 43.9 Å². The molecule has 2 fully saturated rings. The first kappa shape index (κ1) is 20.4. The third kappa shape index (κ3) is 3.94. The maximum atomic E-state index is 14.5. The molecule has 2 aliphatic heterocycles. The Morgan fingerprint density at radius 2 is 1.83 bits per heavy atom. The molecule has 1 aliphatic carbocycles. The van der Waals surface area contributed by atoms with Crippen LogP contribution in [-0.4, -0.2) is 64.6 Å². The second-order valence-corrected chi connectivity index (χ2v) is 8.95. The molecule has 5 nitrogen and oxygen atoms in total. The number of carbonyl (C=O) groups is 2. The lowest BCUT2D eigenvalue weighted by Gasteiger charge is -2.38. The molecule has 0 aromatic heterocycles. The van der Waals surface area contributed by atoms with E-state index in [1.807, 2.05) is 4.90 Å². The van der Waals surface area contributed by atoms with E-state index in [1.165, 1.54) is 6.07 Å². The fourth-order valence-corrected chi connectivity index (χ4v) is 5.11. The molecule has 0 spiro atoms. The van der Waals surface area contributed by atoms with Crippen molar-refractivity contribution in [3.63, 3.8) is 0 Å². The second kappa shape index (κ2) is 8.11. The average Bonchev–Trinajstić information content (AvgIpc) is 2.92. The Bertz CT molecular complexity index is 855. The molecule has 1 saturated carbocycles. The fourth-order valence-electron chi connectivity index (χ4n) is 4.73. The third-order valence-corrected chi connectivity index (χ3v) is 6.95. The fraction of sp³-hybridized carbons (Fsp3) is 0.591. The molecule has 1 atom stereocenters. The second-order valence-electron chi connectivity index (χ2n) is 8.56. The van der Waals surface area contributed by atoms with Gasteiger partial charge in [0.2, 0.25) is 0 Å². The summed E-state index contributed by atoms with van der Waals surface area (Å²) in [6.07, 6.45) is 1.50. The summed E-state index contributed by atoms with van der Waals surface area (Å²) in [5.41, 5.74) is 2.63. The van der Waals surface area contributed by atoms with Gasteiger partial charge in [0.05, 0.1) is 6.04 Å². The molecule has 1 unspecified atom stereocenters. The molecule has 1 aromatic carbocycles. The van der Waals surface area contributed by atoms with Crippen molar-refractivity contribution >= 4 is 34.5 Å². The smallest absolute Gasteiger partial charge is 0.155 e. The van der Waals surface area contributed by atoms with Crippen molar-refractivity contribution in [1.82, 2.24) is 9.80 Å². The Labute approximate surface area is 178 Å². The van der Waals surface area contributed by atoms with Crippen LogP contribution in [0.5, 0.6) is 0 Å². The summed E-state index contributed by atoms with van der Waals surface area (Å²) >= 11 is 5.67. The maximum absolute atomic E-state index is 14.5. The predicted molar refractivity (Wildman–Crippen MR) is 117 cm³/mol. The maximum Gasteiger partial charge on any atom is 0.155 e. The van der Waals surface area contributed by atoms with E-state index in [9.17, 15) is 14.0 Å². The monoisotopic (exact) mass is 419 g/mol. The molecular weight excluding hydrogens is 389 g/mol. The first-order chi connectivity index (χ1) is 13.8. The lowest BCUT2D eigenvalue weighted by molar-refractivity contribution is -0.124. The number of fused-ring (bicyclic) bond motifs is 1. The Balaban J connectivity index is 0.00000256. The van der Waals surface area contributed by atoms with Crippen molar-refractivity contribution in [3.05, 3.63) is 29.1 Å². The zero-order chi connectivity index (χ0) is 20.7. The number of hydrogen-bond donors (Lipinski definition) is 0. The summed E-state index contributed by atoms with van der Waals surface area (Å²) in [6, 6.07) is 3.23. The van der Waals surface area contributed by atoms with Gasteiger partial charge in [-0.15, -0.1) is 0 Å². The SMILES string of the molecule is CC(C)N1CCN(c2cc(F)cc3c2CN(C2CCC(=O)CCC2=O)C3=S)CC1.[HH]. The largest absolute Gasteiger partial charge is 0.369 e. The first-order valence-corrected chi connectivity index (χ1v) is 10.9. The highest BCUT2D eigenvalue weighted by Crippen LogP contribution is 2.36. The standard InChI is InChI=1S/C22H28FN3O2S.H2/c1-14(2)24-7-9-25(10-8-24)20-12-15(23)11-17-18(20)13-26(22(17)29)19-5-3-16(27)4-6-21(19)28;/h11-12,14,19H,3-10,13H2,1-2H3;1H. The minimum Gasteiger partial charge on any atom is -0.369 e. The molecule has 0 amide bonds. The molecule has 0 bridgehead atoms. The Morgan fingerprint density at radius 1 is 1.10 bits per heavy atom. The van der Waals surface area contributed by atoms with Gasteiger partial charge in [0.25, 0.3) is 0 Å². The van der Waals surface area contributed by atoms with Crippen molar-refractivity contribution in [1.29, 1.82) is 0 Å². The zero-order valence-electron chi connectivity index (χ0n) is 17.1. The van der Waals surface area contributed by atoms with E-state index < -0.39 is 0 Å². The molecule has 0 N–H and O–H groups in total. The van der Waals surface area contributed by atoms with Crippen LogP contribution in [0.1, 0.15) is 52.1 Å². The molecule has 158 valence electrons. The van der Waals surface area contributed by atoms with Gasteiger partial charge in [-0.1, -0.05) is 12.2 Å². The molecular formula is C22H30FN3O2S. The molecule has 4 rings (SSSR count). The Kier molecular flexibility index (Phi) is 5.71. The number of anilines is 1. The van der Waals surface area contributed by atoms with Gasteiger partial charge >= 0.3 is 0 Å². The molecule has 1 aromatic rings. The van der Waals surface area contributed by atoms with Gasteiger partial charge in [0, 0.05) is 76.3 Å². The van der Waals surface area contributed by atoms with Gasteiger partial charge in [-0.3, -0.25) is 14.5 Å². The number of halogens is 1. The minimum atomic E-state index is -0.380. The van der Waals surface area contributed by atoms with Crippen LogP contribution in [0.3, 0.4) is 0 Å². The number of thiocarbonyl (C=S) groups is 1. The third-order valence-electron chi connectivity index (χ3n) is 6.49. The van der Waals surface area contributed by atoms with Crippen molar-refractivity contribution < 1.29 is 15.4 Å². The van der Waals surface area contributed by atoms with Crippen LogP contribution >= 0.6 is 12.2 Å². The van der Waals surface area contributed by atoms with E-state index in [4.69, 9.17) is 12.2 Å². The van der Waals surface area contributed by atoms with E-state index in [-0.39, 0.29) is 31.3 Å². The van der Waals surface area contributed by atoms with Crippen LogP contribution in [0.4, 0.5) is 10.1 Å². The molecule has 1 saturated heterocycles. The van der Waals surface area contributed by atoms with E-state index in [1.54, 1.807) is 6.07 Å². The van der Waals surface area contributed by atoms with Crippen molar-refractivity contribution in [3.8, 4) is 0 Å². The molecule has 29 heavy (non-hydrogen) atoms. The highest BCUT2D eigenvalue weighted by molar-refractivity contribution is 7.80. The number of nitrogens with zero attached hydrogens (tertiary/aromatic N) is 3. The van der Waals surface area contributed by atoms with E-state index in [0.717, 1.165) is 43.0 Å². The van der Waals surface area contributed by atoms with Gasteiger partial charge in [-0.2, -0.15) is 0 Å². The van der Waals surface area contributed by atoms with Crippen LogP contribution in [-0.2, 0) is 16.1 Å². The summed E-state index contributed by atoms with van der Waals surface area (Å²) in [5.74, 6) is -0.0894. The van der Waals surface area contributed by atoms with Crippen LogP contribution in [0.25, 0.3) is 0 Å². The minimum absolute atomic E-state index is 0. The first-order valence-electron chi connectivity index (χ1n) is 10.5. The number of piperazine rings is 1. The molecule has 2 heterocycles. The van der Waals surface area contributed by atoms with Gasteiger partial charge in [-0.05, 0) is 32.4 Å². The number of carbonyl (C=O) groups excluding carboxylic acids is 2. The highest BCUT2D eigenvalue weighted by atomic mass is 32.1. The number of Topliss-reactive ketones (excluding diaryl/α,β-unsaturated/α-hetero) is 2. The number of hydrogen-bond acceptors (Lipinski definition) is 5. The molecule has 3 aliphatic rings. The van der Waals surface area contributed by atoms with Crippen molar-refractivity contribution in [2.45, 2.75) is 58.2 Å². The van der Waals surface area contributed by atoms with E-state index >= 15 is 0 Å². The van der Waals surface area contributed by atoms with Crippen molar-refractivity contribution in [2.24, 2.45) is 0 Å². The van der Waals surface area contributed by atoms with Gasteiger partial charge < -0.3 is 9.80 Å². The number of ketones is 2. The lowest BCUT2D eigenvalue weighted by Crippen LogP contribution is -2.49. The van der Waals surface area contributed by atoms with Crippen molar-refractivity contribution in [2.75, 3.05) is 31.1 Å². The predicted octanol–water partition coefficient (Wildman–Crippen LogP) is 3.17. The molecule has 0 radical (unpaired) electrons. The normalized spacial score (nSPS) is 23.7. The average molecular weight is 420 g/mol. The van der Waals surface area contributed by atoms with Gasteiger partial charge in [0.1, 0.15) is 16.6 Å². The van der Waals surface area contributed by atoms with Crippen LogP contribution < -0.4 is 4.90 Å². The number of rotatable bonds is 3. The van der Waals surface area contributed by atoms with Crippen LogP contribution in [0, 0.1) is 5.82 Å². The zero-order valence-corrected chi connectivity index (χ0v) is 17.9.